The summed E-state index contributed by atoms with van der Waals surface area (Å²) in [6.45, 7) is 1.35. The summed E-state index contributed by atoms with van der Waals surface area (Å²) in [5.74, 6) is 0.633. The third kappa shape index (κ3) is 3.52. The zero-order valence-corrected chi connectivity index (χ0v) is 15.6. The number of nitrogens with one attached hydrogen (secondary N) is 1. The lowest BCUT2D eigenvalue weighted by Gasteiger charge is -2.35. The van der Waals surface area contributed by atoms with Crippen LogP contribution in [-0.2, 0) is 4.74 Å². The maximum absolute atomic E-state index is 6.15. The summed E-state index contributed by atoms with van der Waals surface area (Å²) in [6.07, 6.45) is 8.36. The summed E-state index contributed by atoms with van der Waals surface area (Å²) < 4.78 is 12.7. The Balaban J connectivity index is 1.21. The van der Waals surface area contributed by atoms with E-state index in [1.165, 1.54) is 4.70 Å². The Labute approximate surface area is 161 Å². The summed E-state index contributed by atoms with van der Waals surface area (Å²) in [5.41, 5.74) is 3.06. The van der Waals surface area contributed by atoms with E-state index in [9.17, 15) is 0 Å². The summed E-state index contributed by atoms with van der Waals surface area (Å²) in [4.78, 5) is 13.5. The summed E-state index contributed by atoms with van der Waals surface area (Å²) in [6, 6.07) is 8.60. The highest BCUT2D eigenvalue weighted by atomic mass is 32.1. The molecule has 0 radical (unpaired) electrons. The minimum atomic E-state index is 0.160. The number of thiazole rings is 1. The molecule has 1 aliphatic heterocycles. The van der Waals surface area contributed by atoms with Crippen LogP contribution in [0, 0.1) is 0 Å². The van der Waals surface area contributed by atoms with Crippen LogP contribution in [-0.4, -0.2) is 40.3 Å². The Morgan fingerprint density at radius 2 is 2.04 bits per heavy atom. The number of fused-ring (bicyclic) bond motifs is 1. The minimum absolute atomic E-state index is 0.160. The van der Waals surface area contributed by atoms with Crippen molar-refractivity contribution in [1.29, 1.82) is 0 Å². The van der Waals surface area contributed by atoms with Gasteiger partial charge in [0.05, 0.1) is 23.4 Å². The van der Waals surface area contributed by atoms with Crippen LogP contribution in [0.15, 0.2) is 42.7 Å². The second kappa shape index (κ2) is 7.25. The van der Waals surface area contributed by atoms with Gasteiger partial charge < -0.3 is 14.8 Å². The molecule has 2 aliphatic rings. The van der Waals surface area contributed by atoms with Gasteiger partial charge in [-0.05, 0) is 24.1 Å². The van der Waals surface area contributed by atoms with Crippen LogP contribution in [0.1, 0.15) is 25.0 Å². The lowest BCUT2D eigenvalue weighted by molar-refractivity contribution is 0.102. The van der Waals surface area contributed by atoms with E-state index < -0.39 is 0 Å². The smallest absolute Gasteiger partial charge is 0.240 e. The van der Waals surface area contributed by atoms with Crippen molar-refractivity contribution in [3.8, 4) is 5.88 Å². The molecule has 3 aromatic rings. The second-order valence-electron chi connectivity index (χ2n) is 6.80. The molecule has 0 saturated heterocycles. The first-order valence-corrected chi connectivity index (χ1v) is 10.0. The average molecular weight is 380 g/mol. The van der Waals surface area contributed by atoms with E-state index in [0.717, 1.165) is 47.8 Å². The van der Waals surface area contributed by atoms with E-state index >= 15 is 0 Å². The number of aromatic nitrogens is 3. The van der Waals surface area contributed by atoms with Gasteiger partial charge in [-0.25, -0.2) is 15.0 Å². The van der Waals surface area contributed by atoms with Crippen molar-refractivity contribution in [3.05, 3.63) is 48.4 Å². The van der Waals surface area contributed by atoms with Gasteiger partial charge in [-0.1, -0.05) is 29.5 Å². The van der Waals surface area contributed by atoms with Crippen molar-refractivity contribution in [2.24, 2.45) is 0 Å². The first-order valence-electron chi connectivity index (χ1n) is 9.22. The molecule has 1 aromatic carbocycles. The number of anilines is 1. The van der Waals surface area contributed by atoms with E-state index in [0.29, 0.717) is 18.5 Å². The first kappa shape index (κ1) is 16.6. The highest BCUT2D eigenvalue weighted by molar-refractivity contribution is 7.22. The molecule has 0 atom stereocenters. The molecule has 7 heteroatoms. The number of benzene rings is 1. The van der Waals surface area contributed by atoms with Gasteiger partial charge in [0.15, 0.2) is 5.13 Å². The van der Waals surface area contributed by atoms with Crippen LogP contribution in [0.2, 0.25) is 0 Å². The van der Waals surface area contributed by atoms with Crippen molar-refractivity contribution < 1.29 is 9.47 Å². The van der Waals surface area contributed by atoms with Crippen LogP contribution in [0.4, 0.5) is 5.13 Å². The van der Waals surface area contributed by atoms with Gasteiger partial charge in [0.2, 0.25) is 5.88 Å². The van der Waals surface area contributed by atoms with E-state index in [1.54, 1.807) is 23.7 Å². The van der Waals surface area contributed by atoms with Gasteiger partial charge in [0.25, 0.3) is 0 Å². The fourth-order valence-corrected chi connectivity index (χ4v) is 4.36. The monoisotopic (exact) mass is 380 g/mol. The van der Waals surface area contributed by atoms with E-state index in [-0.39, 0.29) is 6.10 Å². The molecule has 27 heavy (non-hydrogen) atoms. The van der Waals surface area contributed by atoms with Gasteiger partial charge in [0, 0.05) is 31.3 Å². The molecule has 138 valence electrons. The summed E-state index contributed by atoms with van der Waals surface area (Å²) >= 11 is 1.70. The predicted octanol–water partition coefficient (Wildman–Crippen LogP) is 3.91. The van der Waals surface area contributed by atoms with Crippen molar-refractivity contribution in [2.45, 2.75) is 31.4 Å². The zero-order chi connectivity index (χ0) is 18.1. The fourth-order valence-electron chi connectivity index (χ4n) is 3.42. The molecule has 6 nitrogen and oxygen atoms in total. The summed E-state index contributed by atoms with van der Waals surface area (Å²) in [7, 11) is 0. The molecule has 3 heterocycles. The van der Waals surface area contributed by atoms with E-state index in [2.05, 4.69) is 32.4 Å². The van der Waals surface area contributed by atoms with Gasteiger partial charge >= 0.3 is 0 Å². The number of hydrogen-bond donors (Lipinski definition) is 1. The second-order valence-corrected chi connectivity index (χ2v) is 7.83. The van der Waals surface area contributed by atoms with Gasteiger partial charge in [-0.15, -0.1) is 0 Å². The molecule has 0 unspecified atom stereocenters. The van der Waals surface area contributed by atoms with Crippen LogP contribution in [0.5, 0.6) is 5.88 Å². The lowest BCUT2D eigenvalue weighted by Crippen LogP contribution is -2.42. The highest BCUT2D eigenvalue weighted by Gasteiger charge is 2.32. The molecular formula is C20H20N4O2S. The van der Waals surface area contributed by atoms with Crippen LogP contribution >= 0.6 is 11.3 Å². The van der Waals surface area contributed by atoms with Crippen molar-refractivity contribution in [3.63, 3.8) is 0 Å². The highest BCUT2D eigenvalue weighted by Crippen LogP contribution is 2.33. The predicted molar refractivity (Wildman–Crippen MR) is 106 cm³/mol. The Morgan fingerprint density at radius 1 is 1.15 bits per heavy atom. The topological polar surface area (TPSA) is 69.2 Å². The Hall–Kier alpha value is -2.51. The Morgan fingerprint density at radius 3 is 2.89 bits per heavy atom. The molecular weight excluding hydrogens is 360 g/mol. The normalized spacial score (nSPS) is 22.1. The number of hydrogen-bond acceptors (Lipinski definition) is 7. The zero-order valence-electron chi connectivity index (χ0n) is 14.8. The molecule has 2 aromatic heterocycles. The van der Waals surface area contributed by atoms with Crippen molar-refractivity contribution in [1.82, 2.24) is 15.0 Å². The maximum Gasteiger partial charge on any atom is 0.240 e. The first-order chi connectivity index (χ1) is 13.3. The van der Waals surface area contributed by atoms with Gasteiger partial charge in [-0.2, -0.15) is 0 Å². The maximum atomic E-state index is 6.15. The van der Waals surface area contributed by atoms with Crippen molar-refractivity contribution >= 4 is 32.3 Å². The molecule has 1 saturated carbocycles. The SMILES string of the molecule is C1=C(c2nccnc2OC2CC(Nc3nc4ccccc4s3)C2)CCOC1. The number of ether oxygens (including phenoxy) is 2. The van der Waals surface area contributed by atoms with Gasteiger partial charge in [0.1, 0.15) is 11.8 Å². The number of nitrogens with zero attached hydrogens (tertiary/aromatic N) is 3. The van der Waals surface area contributed by atoms with Crippen LogP contribution in [0.25, 0.3) is 15.8 Å². The fraction of sp³-hybridized carbons (Fsp3) is 0.350. The molecule has 1 aliphatic carbocycles. The third-order valence-corrected chi connectivity index (χ3v) is 5.89. The Bertz CT molecular complexity index is 948. The van der Waals surface area contributed by atoms with Crippen LogP contribution < -0.4 is 10.1 Å². The van der Waals surface area contributed by atoms with Crippen LogP contribution in [0.3, 0.4) is 0 Å². The molecule has 0 amide bonds. The van der Waals surface area contributed by atoms with Gasteiger partial charge in [-0.3, -0.25) is 0 Å². The third-order valence-electron chi connectivity index (χ3n) is 4.93. The molecule has 0 bridgehead atoms. The Kier molecular flexibility index (Phi) is 4.47. The minimum Gasteiger partial charge on any atom is -0.473 e. The standard InChI is InChI=1S/C20H20N4O2S/c1-2-4-17-16(3-1)24-20(27-17)23-14-11-15(12-14)26-19-18(21-7-8-22-19)13-5-9-25-10-6-13/h1-5,7-8,14-15H,6,9-12H2,(H,23,24). The largest absolute Gasteiger partial charge is 0.473 e. The van der Waals surface area contributed by atoms with E-state index in [4.69, 9.17) is 9.47 Å². The number of rotatable bonds is 5. The van der Waals surface area contributed by atoms with E-state index in [1.807, 2.05) is 18.2 Å². The lowest BCUT2D eigenvalue weighted by atomic mass is 9.89. The molecule has 1 fully saturated rings. The van der Waals surface area contributed by atoms with Crippen molar-refractivity contribution in [2.75, 3.05) is 18.5 Å². The quantitative estimate of drug-likeness (QED) is 0.724. The number of para-hydroxylation sites is 1. The molecule has 0 spiro atoms. The molecule has 1 N–H and O–H groups in total. The average Bonchev–Trinajstić information content (AvgIpc) is 3.10. The molecule has 5 rings (SSSR count). The summed E-state index contributed by atoms with van der Waals surface area (Å²) in [5, 5.41) is 4.50.